The van der Waals surface area contributed by atoms with E-state index < -0.39 is 0 Å². The highest BCUT2D eigenvalue weighted by molar-refractivity contribution is 7.09. The van der Waals surface area contributed by atoms with E-state index in [4.69, 9.17) is 4.74 Å². The zero-order valence-electron chi connectivity index (χ0n) is 11.0. The number of β-amino-alcohol motifs (C(OH)–C–C–N with tert-alkyl or cyclic N) is 1. The molecule has 0 amide bonds. The van der Waals surface area contributed by atoms with Crippen molar-refractivity contribution < 1.29 is 9.84 Å². The molecule has 1 saturated heterocycles. The highest BCUT2D eigenvalue weighted by Gasteiger charge is 2.18. The van der Waals surface area contributed by atoms with E-state index in [-0.39, 0.29) is 6.10 Å². The van der Waals surface area contributed by atoms with Gasteiger partial charge in [0, 0.05) is 18.0 Å². The second kappa shape index (κ2) is 7.24. The van der Waals surface area contributed by atoms with Gasteiger partial charge in [-0.1, -0.05) is 13.0 Å². The van der Waals surface area contributed by atoms with Gasteiger partial charge in [-0.2, -0.15) is 0 Å². The van der Waals surface area contributed by atoms with Crippen LogP contribution in [0.2, 0.25) is 0 Å². The number of likely N-dealkylation sites (tertiary alicyclic amines) is 1. The smallest absolute Gasteiger partial charge is 0.0900 e. The molecule has 2 rings (SSSR count). The molecule has 0 bridgehead atoms. The number of hydrogen-bond donors (Lipinski definition) is 1. The number of nitrogens with zero attached hydrogens (tertiary/aromatic N) is 1. The monoisotopic (exact) mass is 269 g/mol. The van der Waals surface area contributed by atoms with Crippen LogP contribution in [0.25, 0.3) is 0 Å². The zero-order valence-corrected chi connectivity index (χ0v) is 11.9. The summed E-state index contributed by atoms with van der Waals surface area (Å²) < 4.78 is 5.54. The molecule has 2 heterocycles. The van der Waals surface area contributed by atoms with E-state index in [1.807, 2.05) is 11.4 Å². The molecule has 4 heteroatoms. The average Bonchev–Trinajstić information content (AvgIpc) is 2.82. The minimum Gasteiger partial charge on any atom is -0.389 e. The molecule has 102 valence electrons. The molecule has 2 atom stereocenters. The molecule has 1 aliphatic rings. The summed E-state index contributed by atoms with van der Waals surface area (Å²) in [4.78, 5) is 3.57. The molecule has 0 aromatic carbocycles. The number of ether oxygens (including phenoxy) is 1. The van der Waals surface area contributed by atoms with Crippen LogP contribution < -0.4 is 0 Å². The molecule has 3 nitrogen and oxygen atoms in total. The first-order chi connectivity index (χ1) is 8.74. The van der Waals surface area contributed by atoms with Crippen LogP contribution in [0.1, 0.15) is 24.6 Å². The Morgan fingerprint density at radius 1 is 1.61 bits per heavy atom. The molecule has 0 unspecified atom stereocenters. The van der Waals surface area contributed by atoms with Crippen molar-refractivity contribution >= 4 is 11.3 Å². The lowest BCUT2D eigenvalue weighted by Crippen LogP contribution is -2.40. The normalized spacial score (nSPS) is 23.1. The van der Waals surface area contributed by atoms with Gasteiger partial charge in [-0.15, -0.1) is 11.3 Å². The summed E-state index contributed by atoms with van der Waals surface area (Å²) in [6, 6.07) is 4.08. The largest absolute Gasteiger partial charge is 0.389 e. The molecule has 0 saturated carbocycles. The maximum absolute atomic E-state index is 9.95. The van der Waals surface area contributed by atoms with E-state index in [0.29, 0.717) is 13.2 Å². The molecule has 1 aliphatic heterocycles. The molecule has 1 aromatic heterocycles. The van der Waals surface area contributed by atoms with Crippen LogP contribution in [0, 0.1) is 5.92 Å². The van der Waals surface area contributed by atoms with Crippen LogP contribution in [0.4, 0.5) is 0 Å². The first-order valence-electron chi connectivity index (χ1n) is 6.74. The number of aliphatic hydroxyl groups excluding tert-OH is 1. The maximum Gasteiger partial charge on any atom is 0.0900 e. The van der Waals surface area contributed by atoms with Gasteiger partial charge in [-0.3, -0.25) is 0 Å². The van der Waals surface area contributed by atoms with E-state index in [9.17, 15) is 5.11 Å². The predicted molar refractivity (Wildman–Crippen MR) is 74.8 cm³/mol. The lowest BCUT2D eigenvalue weighted by Gasteiger charge is -2.32. The third kappa shape index (κ3) is 4.69. The van der Waals surface area contributed by atoms with Gasteiger partial charge in [0.15, 0.2) is 0 Å². The molecule has 1 aromatic rings. The zero-order chi connectivity index (χ0) is 12.8. The second-order valence-corrected chi connectivity index (χ2v) is 6.29. The van der Waals surface area contributed by atoms with Crippen LogP contribution in [-0.2, 0) is 11.3 Å². The minimum absolute atomic E-state index is 0.365. The number of piperidine rings is 1. The fourth-order valence-corrected chi connectivity index (χ4v) is 3.13. The quantitative estimate of drug-likeness (QED) is 0.860. The summed E-state index contributed by atoms with van der Waals surface area (Å²) in [5, 5.41) is 12.0. The Labute approximate surface area is 113 Å². The minimum atomic E-state index is -0.365. The summed E-state index contributed by atoms with van der Waals surface area (Å²) >= 11 is 1.69. The van der Waals surface area contributed by atoms with Crippen molar-refractivity contribution in [1.29, 1.82) is 0 Å². The number of hydrogen-bond acceptors (Lipinski definition) is 4. The van der Waals surface area contributed by atoms with Gasteiger partial charge in [0.1, 0.15) is 0 Å². The fourth-order valence-electron chi connectivity index (χ4n) is 2.49. The Balaban J connectivity index is 1.61. The highest BCUT2D eigenvalue weighted by atomic mass is 32.1. The Hall–Kier alpha value is -0.420. The number of aliphatic hydroxyl groups is 1. The van der Waals surface area contributed by atoms with Crippen LogP contribution in [0.15, 0.2) is 17.5 Å². The van der Waals surface area contributed by atoms with Crippen molar-refractivity contribution in [3.8, 4) is 0 Å². The van der Waals surface area contributed by atoms with Crippen molar-refractivity contribution in [2.45, 2.75) is 32.5 Å². The van der Waals surface area contributed by atoms with Gasteiger partial charge >= 0.3 is 0 Å². The van der Waals surface area contributed by atoms with Crippen LogP contribution in [-0.4, -0.2) is 42.4 Å². The first-order valence-corrected chi connectivity index (χ1v) is 7.62. The molecule has 0 spiro atoms. The summed E-state index contributed by atoms with van der Waals surface area (Å²) in [7, 11) is 0. The van der Waals surface area contributed by atoms with Crippen molar-refractivity contribution in [1.82, 2.24) is 4.90 Å². The number of rotatable bonds is 6. The van der Waals surface area contributed by atoms with Gasteiger partial charge in [0.25, 0.3) is 0 Å². The van der Waals surface area contributed by atoms with Gasteiger partial charge < -0.3 is 14.7 Å². The van der Waals surface area contributed by atoms with Crippen molar-refractivity contribution in [3.63, 3.8) is 0 Å². The third-order valence-corrected chi connectivity index (χ3v) is 4.19. The number of thiophene rings is 1. The molecule has 18 heavy (non-hydrogen) atoms. The van der Waals surface area contributed by atoms with Crippen molar-refractivity contribution in [3.05, 3.63) is 22.4 Å². The SMILES string of the molecule is C[C@@H]1CCCN(C[C@@H](O)COCc2cccs2)C1. The van der Waals surface area contributed by atoms with Gasteiger partial charge in [-0.25, -0.2) is 0 Å². The third-order valence-electron chi connectivity index (χ3n) is 3.34. The Kier molecular flexibility index (Phi) is 5.63. The lowest BCUT2D eigenvalue weighted by molar-refractivity contribution is 0.00447. The summed E-state index contributed by atoms with van der Waals surface area (Å²) in [6.07, 6.45) is 2.21. The maximum atomic E-state index is 9.95. The van der Waals surface area contributed by atoms with E-state index in [2.05, 4.69) is 17.9 Å². The Bertz CT molecular complexity index is 329. The van der Waals surface area contributed by atoms with Crippen LogP contribution in [0.3, 0.4) is 0 Å². The Morgan fingerprint density at radius 3 is 3.22 bits per heavy atom. The van der Waals surface area contributed by atoms with Crippen molar-refractivity contribution in [2.75, 3.05) is 26.2 Å². The van der Waals surface area contributed by atoms with Gasteiger partial charge in [-0.05, 0) is 36.8 Å². The molecule has 0 radical (unpaired) electrons. The summed E-state index contributed by atoms with van der Waals surface area (Å²) in [5.41, 5.74) is 0. The van der Waals surface area contributed by atoms with E-state index in [1.165, 1.54) is 17.7 Å². The molecule has 1 fully saturated rings. The van der Waals surface area contributed by atoms with Gasteiger partial charge in [0.2, 0.25) is 0 Å². The van der Waals surface area contributed by atoms with Crippen LogP contribution >= 0.6 is 11.3 Å². The molecule has 1 N–H and O–H groups in total. The van der Waals surface area contributed by atoms with E-state index in [1.54, 1.807) is 11.3 Å². The standard InChI is InChI=1S/C14H23NO2S/c1-12-4-2-6-15(8-12)9-13(16)10-17-11-14-5-3-7-18-14/h3,5,7,12-13,16H,2,4,6,8-11H2,1H3/t12-,13-/m1/s1. The van der Waals surface area contributed by atoms with Crippen molar-refractivity contribution in [2.24, 2.45) is 5.92 Å². The van der Waals surface area contributed by atoms with E-state index in [0.717, 1.165) is 25.6 Å². The average molecular weight is 269 g/mol. The highest BCUT2D eigenvalue weighted by Crippen LogP contribution is 2.15. The van der Waals surface area contributed by atoms with E-state index >= 15 is 0 Å². The molecular weight excluding hydrogens is 246 g/mol. The predicted octanol–water partition coefficient (Wildman–Crippen LogP) is 2.36. The summed E-state index contributed by atoms with van der Waals surface area (Å²) in [5.74, 6) is 0.762. The van der Waals surface area contributed by atoms with Crippen LogP contribution in [0.5, 0.6) is 0 Å². The molecular formula is C14H23NO2S. The fraction of sp³-hybridized carbons (Fsp3) is 0.714. The molecule has 0 aliphatic carbocycles. The topological polar surface area (TPSA) is 32.7 Å². The van der Waals surface area contributed by atoms with Gasteiger partial charge in [0.05, 0.1) is 19.3 Å². The Morgan fingerprint density at radius 2 is 2.50 bits per heavy atom. The second-order valence-electron chi connectivity index (χ2n) is 5.26. The lowest BCUT2D eigenvalue weighted by atomic mass is 10.0. The first kappa shape index (κ1) is 14.0. The summed E-state index contributed by atoms with van der Waals surface area (Å²) in [6.45, 7) is 6.31.